The summed E-state index contributed by atoms with van der Waals surface area (Å²) in [5, 5.41) is 13.6. The third-order valence-electron chi connectivity index (χ3n) is 4.22. The fourth-order valence-electron chi connectivity index (χ4n) is 2.69. The van der Waals surface area contributed by atoms with E-state index in [0.717, 1.165) is 20.5 Å². The lowest BCUT2D eigenvalue weighted by atomic mass is 10.1. The van der Waals surface area contributed by atoms with Gasteiger partial charge in [0.2, 0.25) is 0 Å². The van der Waals surface area contributed by atoms with E-state index in [1.165, 1.54) is 0 Å². The average molecular weight is 508 g/mol. The summed E-state index contributed by atoms with van der Waals surface area (Å²) in [5.41, 5.74) is 3.52. The number of rotatable bonds is 7. The largest absolute Gasteiger partial charge is 0.350 e. The number of nitrogens with one attached hydrogen (secondary N) is 2. The summed E-state index contributed by atoms with van der Waals surface area (Å²) in [4.78, 5) is 28.3. The van der Waals surface area contributed by atoms with Crippen molar-refractivity contribution in [2.24, 2.45) is 0 Å². The maximum atomic E-state index is 12.2. The molecule has 0 aliphatic carbocycles. The van der Waals surface area contributed by atoms with Crippen LogP contribution in [0.4, 0.5) is 0 Å². The third kappa shape index (κ3) is 5.19. The van der Waals surface area contributed by atoms with E-state index in [1.54, 1.807) is 16.8 Å². The first-order valence-corrected chi connectivity index (χ1v) is 10.1. The Bertz CT molecular complexity index is 1040. The molecule has 3 aromatic rings. The Morgan fingerprint density at radius 1 is 1.14 bits per heavy atom. The van der Waals surface area contributed by atoms with Crippen molar-refractivity contribution in [1.29, 1.82) is 0 Å². The second-order valence-electron chi connectivity index (χ2n) is 6.54. The normalized spacial score (nSPS) is 10.8. The van der Waals surface area contributed by atoms with Gasteiger partial charge in [-0.2, -0.15) is 10.1 Å². The average Bonchev–Trinajstić information content (AvgIpc) is 3.26. The van der Waals surface area contributed by atoms with Gasteiger partial charge in [-0.25, -0.2) is 0 Å². The van der Waals surface area contributed by atoms with Gasteiger partial charge >= 0.3 is 11.8 Å². The molecule has 1 aromatic carbocycles. The minimum atomic E-state index is -0.489. The van der Waals surface area contributed by atoms with E-state index in [4.69, 9.17) is 4.52 Å². The van der Waals surface area contributed by atoms with Gasteiger partial charge in [0.05, 0.1) is 9.26 Å². The summed E-state index contributed by atoms with van der Waals surface area (Å²) in [6, 6.07) is 7.29. The van der Waals surface area contributed by atoms with Crippen molar-refractivity contribution in [3.63, 3.8) is 0 Å². The molecule has 10 heteroatoms. The van der Waals surface area contributed by atoms with Gasteiger partial charge in [-0.1, -0.05) is 22.9 Å². The van der Waals surface area contributed by atoms with Crippen LogP contribution < -0.4 is 10.6 Å². The van der Waals surface area contributed by atoms with Gasteiger partial charge in [0, 0.05) is 24.3 Å². The summed E-state index contributed by atoms with van der Waals surface area (Å²) in [6.07, 6.45) is 0. The number of halogens is 1. The molecule has 9 nitrogen and oxygen atoms in total. The highest BCUT2D eigenvalue weighted by atomic mass is 127. The Hall–Kier alpha value is -2.76. The van der Waals surface area contributed by atoms with Crippen LogP contribution in [0.5, 0.6) is 0 Å². The topological polar surface area (TPSA) is 115 Å². The number of nitrogens with zero attached hydrogens (tertiary/aromatic N) is 4. The van der Waals surface area contributed by atoms with E-state index in [-0.39, 0.29) is 24.9 Å². The maximum Gasteiger partial charge on any atom is 0.316 e. The Morgan fingerprint density at radius 2 is 1.86 bits per heavy atom. The van der Waals surface area contributed by atoms with Gasteiger partial charge in [-0.05, 0) is 55.5 Å². The predicted octanol–water partition coefficient (Wildman–Crippen LogP) is 2.00. The van der Waals surface area contributed by atoms with Crippen molar-refractivity contribution in [2.45, 2.75) is 27.3 Å². The first kappa shape index (κ1) is 21.0. The molecule has 0 atom stereocenters. The SMILES string of the molecule is Cc1cccc(C(=O)NCCNC(=O)c2nc(Cn3nc(C)c(I)c3C)no2)c1. The number of benzene rings is 1. The summed E-state index contributed by atoms with van der Waals surface area (Å²) < 4.78 is 7.88. The standard InChI is InChI=1S/C19H21IN6O3/c1-11-5-4-6-14(9-11)17(27)21-7-8-22-18(28)19-23-15(25-29-19)10-26-13(3)16(20)12(2)24-26/h4-6,9H,7-8,10H2,1-3H3,(H,21,27)(H,22,28). The van der Waals surface area contributed by atoms with Crippen LogP contribution in [0.2, 0.25) is 0 Å². The smallest absolute Gasteiger partial charge is 0.316 e. The number of carbonyl (C=O) groups is 2. The number of carbonyl (C=O) groups excluding carboxylic acids is 2. The van der Waals surface area contributed by atoms with Crippen molar-refractivity contribution in [3.8, 4) is 0 Å². The first-order valence-electron chi connectivity index (χ1n) is 9.00. The quantitative estimate of drug-likeness (QED) is 0.373. The second kappa shape index (κ2) is 9.16. The van der Waals surface area contributed by atoms with Gasteiger partial charge < -0.3 is 15.2 Å². The van der Waals surface area contributed by atoms with Crippen molar-refractivity contribution in [2.75, 3.05) is 13.1 Å². The van der Waals surface area contributed by atoms with Crippen molar-refractivity contribution in [1.82, 2.24) is 30.6 Å². The molecular formula is C19H21IN6O3. The molecule has 0 unspecified atom stereocenters. The zero-order valence-electron chi connectivity index (χ0n) is 16.3. The summed E-state index contributed by atoms with van der Waals surface area (Å²) in [6.45, 7) is 6.65. The molecule has 0 aliphatic rings. The third-order valence-corrected chi connectivity index (χ3v) is 5.78. The van der Waals surface area contributed by atoms with Crippen LogP contribution in [0, 0.1) is 24.3 Å². The minimum absolute atomic E-state index is 0.124. The lowest BCUT2D eigenvalue weighted by Gasteiger charge is -2.06. The number of hydrogen-bond acceptors (Lipinski definition) is 6. The van der Waals surface area contributed by atoms with E-state index < -0.39 is 5.91 Å². The van der Waals surface area contributed by atoms with Crippen molar-refractivity contribution < 1.29 is 14.1 Å². The van der Waals surface area contributed by atoms with Crippen LogP contribution >= 0.6 is 22.6 Å². The summed E-state index contributed by atoms with van der Waals surface area (Å²) in [5.74, 6) is -0.440. The van der Waals surface area contributed by atoms with Crippen LogP contribution in [0.15, 0.2) is 28.8 Å². The molecular weight excluding hydrogens is 487 g/mol. The fourth-order valence-corrected chi connectivity index (χ4v) is 3.08. The van der Waals surface area contributed by atoms with Crippen LogP contribution in [0.3, 0.4) is 0 Å². The second-order valence-corrected chi connectivity index (χ2v) is 7.62. The van der Waals surface area contributed by atoms with Crippen LogP contribution in [-0.2, 0) is 6.54 Å². The predicted molar refractivity (Wildman–Crippen MR) is 114 cm³/mol. The van der Waals surface area contributed by atoms with E-state index in [0.29, 0.717) is 17.9 Å². The van der Waals surface area contributed by atoms with Gasteiger partial charge in [-0.15, -0.1) is 0 Å². The number of hydrogen-bond donors (Lipinski definition) is 2. The molecule has 3 rings (SSSR count). The minimum Gasteiger partial charge on any atom is -0.350 e. The Kier molecular flexibility index (Phi) is 6.62. The zero-order chi connectivity index (χ0) is 21.0. The molecule has 29 heavy (non-hydrogen) atoms. The van der Waals surface area contributed by atoms with Gasteiger partial charge in [0.15, 0.2) is 5.82 Å². The molecule has 2 aromatic heterocycles. The summed E-state index contributed by atoms with van der Waals surface area (Å²) >= 11 is 2.24. The molecule has 0 bridgehead atoms. The molecule has 0 spiro atoms. The van der Waals surface area contributed by atoms with E-state index in [1.807, 2.05) is 32.9 Å². The first-order chi connectivity index (χ1) is 13.8. The Labute approximate surface area is 181 Å². The van der Waals surface area contributed by atoms with E-state index in [2.05, 4.69) is 48.5 Å². The summed E-state index contributed by atoms with van der Waals surface area (Å²) in [7, 11) is 0. The lowest BCUT2D eigenvalue weighted by molar-refractivity contribution is 0.0898. The molecule has 0 saturated carbocycles. The number of amides is 2. The monoisotopic (exact) mass is 508 g/mol. The van der Waals surface area contributed by atoms with Gasteiger partial charge in [0.25, 0.3) is 5.91 Å². The van der Waals surface area contributed by atoms with Crippen LogP contribution in [0.25, 0.3) is 0 Å². The Balaban J connectivity index is 1.48. The van der Waals surface area contributed by atoms with Crippen molar-refractivity contribution in [3.05, 3.63) is 62.1 Å². The molecule has 0 aliphatic heterocycles. The molecule has 0 fully saturated rings. The highest BCUT2D eigenvalue weighted by Gasteiger charge is 2.17. The molecule has 0 saturated heterocycles. The molecule has 2 amide bonds. The van der Waals surface area contributed by atoms with Gasteiger partial charge in [-0.3, -0.25) is 14.3 Å². The maximum absolute atomic E-state index is 12.2. The van der Waals surface area contributed by atoms with Crippen LogP contribution in [-0.4, -0.2) is 44.8 Å². The van der Waals surface area contributed by atoms with Gasteiger partial charge in [0.1, 0.15) is 6.54 Å². The molecule has 2 N–H and O–H groups in total. The highest BCUT2D eigenvalue weighted by Crippen LogP contribution is 2.16. The molecule has 0 radical (unpaired) electrons. The number of aryl methyl sites for hydroxylation is 2. The zero-order valence-corrected chi connectivity index (χ0v) is 18.5. The van der Waals surface area contributed by atoms with Crippen LogP contribution in [0.1, 0.15) is 43.8 Å². The number of aromatic nitrogens is 4. The fraction of sp³-hybridized carbons (Fsp3) is 0.316. The highest BCUT2D eigenvalue weighted by molar-refractivity contribution is 14.1. The molecule has 2 heterocycles. The van der Waals surface area contributed by atoms with E-state index >= 15 is 0 Å². The lowest BCUT2D eigenvalue weighted by Crippen LogP contribution is -2.34. The van der Waals surface area contributed by atoms with E-state index in [9.17, 15) is 9.59 Å². The van der Waals surface area contributed by atoms with Crippen molar-refractivity contribution >= 4 is 34.4 Å². The molecule has 152 valence electrons. The Morgan fingerprint density at radius 3 is 2.52 bits per heavy atom.